The van der Waals surface area contributed by atoms with E-state index in [2.05, 4.69) is 32.8 Å². The minimum Gasteiger partial charge on any atom is -0.152 e. The van der Waals surface area contributed by atoms with E-state index in [0.717, 1.165) is 11.8 Å². The van der Waals surface area contributed by atoms with Gasteiger partial charge in [0.2, 0.25) is 0 Å². The Kier molecular flexibility index (Phi) is 1.83. The Hall–Kier alpha value is 0.180. The molecule has 2 heteroatoms. The zero-order valence-corrected chi connectivity index (χ0v) is 7.99. The molecule has 1 aliphatic carbocycles. The van der Waals surface area contributed by atoms with Crippen LogP contribution in [0.15, 0.2) is 16.8 Å². The van der Waals surface area contributed by atoms with Gasteiger partial charge in [-0.1, -0.05) is 15.9 Å². The zero-order valence-electron chi connectivity index (χ0n) is 5.59. The Labute approximate surface area is 73.4 Å². The summed E-state index contributed by atoms with van der Waals surface area (Å²) in [5.74, 6) is 1.81. The van der Waals surface area contributed by atoms with Crippen LogP contribution in [0.25, 0.3) is 0 Å². The number of alkyl halides is 1. The van der Waals surface area contributed by atoms with Crippen molar-refractivity contribution in [1.82, 2.24) is 0 Å². The normalized spacial score (nSPS) is 30.5. The Morgan fingerprint density at radius 2 is 2.60 bits per heavy atom. The van der Waals surface area contributed by atoms with Crippen LogP contribution in [0.4, 0.5) is 0 Å². The van der Waals surface area contributed by atoms with Crippen molar-refractivity contribution in [2.75, 3.05) is 5.33 Å². The molecule has 0 N–H and O–H groups in total. The third kappa shape index (κ3) is 1.15. The second-order valence-corrected chi connectivity index (χ2v) is 4.24. The third-order valence-corrected chi connectivity index (χ3v) is 3.63. The molecule has 1 aliphatic rings. The highest BCUT2D eigenvalue weighted by Gasteiger charge is 2.37. The molecule has 1 aromatic heterocycles. The molecule has 2 unspecified atom stereocenters. The van der Waals surface area contributed by atoms with Gasteiger partial charge >= 0.3 is 0 Å². The van der Waals surface area contributed by atoms with E-state index in [1.54, 1.807) is 16.9 Å². The fourth-order valence-electron chi connectivity index (χ4n) is 1.31. The molecule has 0 amide bonds. The summed E-state index contributed by atoms with van der Waals surface area (Å²) in [4.78, 5) is 0. The van der Waals surface area contributed by atoms with Gasteiger partial charge in [-0.05, 0) is 40.6 Å². The van der Waals surface area contributed by atoms with Crippen LogP contribution in [0, 0.1) is 5.92 Å². The van der Waals surface area contributed by atoms with Crippen molar-refractivity contribution in [3.8, 4) is 0 Å². The van der Waals surface area contributed by atoms with Gasteiger partial charge in [-0.25, -0.2) is 0 Å². The first-order valence-corrected chi connectivity index (χ1v) is 5.56. The third-order valence-electron chi connectivity index (χ3n) is 2.09. The molecule has 0 aliphatic heterocycles. The van der Waals surface area contributed by atoms with Gasteiger partial charge in [0.15, 0.2) is 0 Å². The second kappa shape index (κ2) is 2.67. The van der Waals surface area contributed by atoms with Crippen LogP contribution in [0.1, 0.15) is 17.9 Å². The first-order chi connectivity index (χ1) is 4.92. The molecule has 1 aromatic rings. The molecule has 0 radical (unpaired) electrons. The second-order valence-electron chi connectivity index (χ2n) is 2.81. The average molecular weight is 217 g/mol. The fourth-order valence-corrected chi connectivity index (χ4v) is 2.75. The molecule has 10 heavy (non-hydrogen) atoms. The summed E-state index contributed by atoms with van der Waals surface area (Å²) in [6.45, 7) is 0. The van der Waals surface area contributed by atoms with Crippen molar-refractivity contribution in [3.05, 3.63) is 22.4 Å². The van der Waals surface area contributed by atoms with Crippen molar-refractivity contribution < 1.29 is 0 Å². The van der Waals surface area contributed by atoms with Crippen molar-refractivity contribution >= 4 is 27.3 Å². The summed E-state index contributed by atoms with van der Waals surface area (Å²) in [6.07, 6.45) is 1.39. The number of hydrogen-bond donors (Lipinski definition) is 0. The Morgan fingerprint density at radius 1 is 1.70 bits per heavy atom. The maximum Gasteiger partial charge on any atom is 0.00657 e. The van der Waals surface area contributed by atoms with Crippen LogP contribution in [0.2, 0.25) is 0 Å². The van der Waals surface area contributed by atoms with Gasteiger partial charge in [-0.2, -0.15) is 11.3 Å². The summed E-state index contributed by atoms with van der Waals surface area (Å²) in [7, 11) is 0. The molecule has 0 saturated heterocycles. The fraction of sp³-hybridized carbons (Fsp3) is 0.500. The monoisotopic (exact) mass is 216 g/mol. The lowest BCUT2D eigenvalue weighted by atomic mass is 10.2. The quantitative estimate of drug-likeness (QED) is 0.667. The Balaban J connectivity index is 2.05. The smallest absolute Gasteiger partial charge is 0.00657 e. The molecule has 1 heterocycles. The highest BCUT2D eigenvalue weighted by Crippen LogP contribution is 2.48. The van der Waals surface area contributed by atoms with Crippen molar-refractivity contribution in [2.24, 2.45) is 5.92 Å². The van der Waals surface area contributed by atoms with Gasteiger partial charge < -0.3 is 0 Å². The van der Waals surface area contributed by atoms with E-state index in [4.69, 9.17) is 0 Å². The molecule has 1 saturated carbocycles. The molecule has 2 atom stereocenters. The number of halogens is 1. The van der Waals surface area contributed by atoms with Gasteiger partial charge in [-0.3, -0.25) is 0 Å². The van der Waals surface area contributed by atoms with E-state index in [0.29, 0.717) is 0 Å². The van der Waals surface area contributed by atoms with E-state index >= 15 is 0 Å². The molecular weight excluding hydrogens is 208 g/mol. The lowest BCUT2D eigenvalue weighted by molar-refractivity contribution is 0.940. The van der Waals surface area contributed by atoms with Crippen LogP contribution in [0.5, 0.6) is 0 Å². The van der Waals surface area contributed by atoms with E-state index in [-0.39, 0.29) is 0 Å². The number of rotatable bonds is 2. The molecule has 1 fully saturated rings. The van der Waals surface area contributed by atoms with Crippen LogP contribution in [-0.2, 0) is 0 Å². The Bertz CT molecular complexity index is 205. The summed E-state index contributed by atoms with van der Waals surface area (Å²) >= 11 is 5.31. The largest absolute Gasteiger partial charge is 0.152 e. The zero-order chi connectivity index (χ0) is 6.97. The van der Waals surface area contributed by atoms with Crippen LogP contribution < -0.4 is 0 Å². The van der Waals surface area contributed by atoms with Crippen molar-refractivity contribution in [1.29, 1.82) is 0 Å². The van der Waals surface area contributed by atoms with Crippen LogP contribution in [0.3, 0.4) is 0 Å². The van der Waals surface area contributed by atoms with Gasteiger partial charge in [0, 0.05) is 5.33 Å². The van der Waals surface area contributed by atoms with Crippen molar-refractivity contribution in [2.45, 2.75) is 12.3 Å². The molecule has 2 rings (SSSR count). The van der Waals surface area contributed by atoms with E-state index in [9.17, 15) is 0 Å². The molecule has 54 valence electrons. The highest BCUT2D eigenvalue weighted by molar-refractivity contribution is 9.09. The van der Waals surface area contributed by atoms with E-state index in [1.165, 1.54) is 11.8 Å². The van der Waals surface area contributed by atoms with Gasteiger partial charge in [0.1, 0.15) is 0 Å². The highest BCUT2D eigenvalue weighted by atomic mass is 79.9. The van der Waals surface area contributed by atoms with Gasteiger partial charge in [-0.15, -0.1) is 0 Å². The summed E-state index contributed by atoms with van der Waals surface area (Å²) in [5, 5.41) is 5.61. The lowest BCUT2D eigenvalue weighted by Gasteiger charge is -1.89. The standard InChI is InChI=1S/C8H9BrS/c9-4-7-3-8(7)6-1-2-10-5-6/h1-2,5,7-8H,3-4H2. The van der Waals surface area contributed by atoms with E-state index in [1.807, 2.05) is 0 Å². The predicted octanol–water partition coefficient (Wildman–Crippen LogP) is 3.25. The number of thiophene rings is 1. The maximum absolute atomic E-state index is 3.51. The van der Waals surface area contributed by atoms with Gasteiger partial charge in [0.05, 0.1) is 0 Å². The van der Waals surface area contributed by atoms with Crippen molar-refractivity contribution in [3.63, 3.8) is 0 Å². The molecule has 0 bridgehead atoms. The summed E-state index contributed by atoms with van der Waals surface area (Å²) in [5.41, 5.74) is 1.55. The number of hydrogen-bond acceptors (Lipinski definition) is 1. The van der Waals surface area contributed by atoms with Crippen LogP contribution >= 0.6 is 27.3 Å². The first-order valence-electron chi connectivity index (χ1n) is 3.50. The SMILES string of the molecule is BrCC1CC1c1ccsc1. The first kappa shape index (κ1) is 6.86. The molecule has 0 nitrogen and oxygen atoms in total. The van der Waals surface area contributed by atoms with Gasteiger partial charge in [0.25, 0.3) is 0 Å². The summed E-state index contributed by atoms with van der Waals surface area (Å²) < 4.78 is 0. The molecular formula is C8H9BrS. The minimum atomic E-state index is 0.880. The maximum atomic E-state index is 3.51. The predicted molar refractivity (Wildman–Crippen MR) is 49.0 cm³/mol. The Morgan fingerprint density at radius 3 is 3.10 bits per heavy atom. The van der Waals surface area contributed by atoms with E-state index < -0.39 is 0 Å². The minimum absolute atomic E-state index is 0.880. The molecule has 0 aromatic carbocycles. The van der Waals surface area contributed by atoms with Crippen LogP contribution in [-0.4, -0.2) is 5.33 Å². The summed E-state index contributed by atoms with van der Waals surface area (Å²) in [6, 6.07) is 2.25. The lowest BCUT2D eigenvalue weighted by Crippen LogP contribution is -1.79. The topological polar surface area (TPSA) is 0 Å². The average Bonchev–Trinajstić information content (AvgIpc) is 2.56. The molecule has 0 spiro atoms.